The molecule has 2 aromatic heterocycles. The van der Waals surface area contributed by atoms with E-state index in [1.54, 1.807) is 26.8 Å². The number of pyridine rings is 1. The Morgan fingerprint density at radius 2 is 1.88 bits per heavy atom. The highest BCUT2D eigenvalue weighted by Gasteiger charge is 2.33. The van der Waals surface area contributed by atoms with Gasteiger partial charge in [-0.2, -0.15) is 0 Å². The molecule has 7 nitrogen and oxygen atoms in total. The van der Waals surface area contributed by atoms with Crippen LogP contribution in [0.15, 0.2) is 41.7 Å². The summed E-state index contributed by atoms with van der Waals surface area (Å²) in [7, 11) is -3.22. The number of aryl methyl sites for hydroxylation is 1. The van der Waals surface area contributed by atoms with Crippen LogP contribution in [0.2, 0.25) is 0 Å². The maximum absolute atomic E-state index is 14.3. The van der Waals surface area contributed by atoms with Crippen LogP contribution < -0.4 is 0 Å². The fraction of sp³-hybridized carbons (Fsp3) is 0.548. The van der Waals surface area contributed by atoms with Crippen LogP contribution in [0.4, 0.5) is 4.39 Å². The quantitative estimate of drug-likeness (QED) is 0.391. The largest absolute Gasteiger partial charge is 0.343 e. The van der Waals surface area contributed by atoms with Crippen molar-refractivity contribution >= 4 is 26.5 Å². The van der Waals surface area contributed by atoms with Crippen LogP contribution >= 0.6 is 0 Å². The van der Waals surface area contributed by atoms with Crippen molar-refractivity contribution < 1.29 is 13.4 Å². The standard InChI is InChI=1S/C31H42FN5O2S/c1-20(2)40(33,39)30-15-27(32)6-7-28(30)37-19-26(31-21(3)16-34-17-29(31)37)14-24-8-11-36(18-24)22(4)25-9-12-35(13-10-25)23(5)38/h6-7,15-17,19-20,22,24-25,33H,8-14,18H2,1-5H3/t22-,24-,40+/m1/s1. The lowest BCUT2D eigenvalue weighted by atomic mass is 9.89. The first-order chi connectivity index (χ1) is 19.0. The smallest absolute Gasteiger partial charge is 0.219 e. The van der Waals surface area contributed by atoms with E-state index in [1.165, 1.54) is 17.7 Å². The highest BCUT2D eigenvalue weighted by Crippen LogP contribution is 2.35. The van der Waals surface area contributed by atoms with Gasteiger partial charge in [-0.3, -0.25) is 9.78 Å². The zero-order chi connectivity index (χ0) is 28.8. The number of likely N-dealkylation sites (tertiary alicyclic amines) is 2. The average molecular weight is 568 g/mol. The monoisotopic (exact) mass is 567 g/mol. The lowest BCUT2D eigenvalue weighted by Crippen LogP contribution is -2.44. The van der Waals surface area contributed by atoms with E-state index in [1.807, 2.05) is 21.9 Å². The van der Waals surface area contributed by atoms with E-state index >= 15 is 0 Å². The summed E-state index contributed by atoms with van der Waals surface area (Å²) in [5, 5.41) is 0.685. The Morgan fingerprint density at radius 3 is 2.55 bits per heavy atom. The highest BCUT2D eigenvalue weighted by molar-refractivity contribution is 7.93. The second-order valence-electron chi connectivity index (χ2n) is 12.1. The molecule has 0 saturated carbocycles. The van der Waals surface area contributed by atoms with Gasteiger partial charge in [-0.15, -0.1) is 0 Å². The van der Waals surface area contributed by atoms with Crippen LogP contribution in [0.3, 0.4) is 0 Å². The second-order valence-corrected chi connectivity index (χ2v) is 14.7. The number of carbonyl (C=O) groups excluding carboxylic acids is 1. The van der Waals surface area contributed by atoms with Gasteiger partial charge in [0.1, 0.15) is 5.82 Å². The number of aromatic nitrogens is 2. The Hall–Kier alpha value is -2.78. The van der Waals surface area contributed by atoms with Crippen molar-refractivity contribution in [2.75, 3.05) is 26.2 Å². The van der Waals surface area contributed by atoms with Crippen LogP contribution in [-0.2, 0) is 20.9 Å². The Labute approximate surface area is 237 Å². The van der Waals surface area contributed by atoms with Crippen molar-refractivity contribution in [1.82, 2.24) is 19.4 Å². The zero-order valence-corrected chi connectivity index (χ0v) is 25.1. The number of nitrogens with zero attached hydrogens (tertiary/aromatic N) is 4. The topological polar surface area (TPSA) is 82.3 Å². The van der Waals surface area contributed by atoms with E-state index in [0.717, 1.165) is 68.3 Å². The van der Waals surface area contributed by atoms with E-state index in [-0.39, 0.29) is 10.8 Å². The summed E-state index contributed by atoms with van der Waals surface area (Å²) in [6.07, 6.45) is 9.96. The van der Waals surface area contributed by atoms with Crippen LogP contribution in [0.5, 0.6) is 0 Å². The number of carbonyl (C=O) groups is 1. The van der Waals surface area contributed by atoms with E-state index in [9.17, 15) is 13.4 Å². The number of nitrogens with one attached hydrogen (secondary N) is 1. The Morgan fingerprint density at radius 1 is 1.15 bits per heavy atom. The molecule has 1 N–H and O–H groups in total. The summed E-state index contributed by atoms with van der Waals surface area (Å²) < 4.78 is 38.4. The predicted octanol–water partition coefficient (Wildman–Crippen LogP) is 5.80. The first-order valence-electron chi connectivity index (χ1n) is 14.5. The number of halogens is 1. The van der Waals surface area contributed by atoms with Gasteiger partial charge >= 0.3 is 0 Å². The van der Waals surface area contributed by atoms with Gasteiger partial charge in [0.25, 0.3) is 0 Å². The number of piperidine rings is 1. The highest BCUT2D eigenvalue weighted by atomic mass is 32.2. The van der Waals surface area contributed by atoms with E-state index in [0.29, 0.717) is 23.6 Å². The summed E-state index contributed by atoms with van der Waals surface area (Å²) in [6, 6.07) is 4.77. The Balaban J connectivity index is 1.41. The van der Waals surface area contributed by atoms with E-state index in [4.69, 9.17) is 4.78 Å². The number of rotatable bonds is 7. The van der Waals surface area contributed by atoms with Crippen LogP contribution in [0, 0.1) is 29.4 Å². The van der Waals surface area contributed by atoms with E-state index in [2.05, 4.69) is 29.9 Å². The maximum atomic E-state index is 14.3. The van der Waals surface area contributed by atoms with Gasteiger partial charge in [-0.1, -0.05) is 0 Å². The predicted molar refractivity (Wildman–Crippen MR) is 158 cm³/mol. The zero-order valence-electron chi connectivity index (χ0n) is 24.3. The summed E-state index contributed by atoms with van der Waals surface area (Å²) in [4.78, 5) is 21.0. The number of benzene rings is 1. The average Bonchev–Trinajstić information content (AvgIpc) is 3.54. The third kappa shape index (κ3) is 5.42. The molecule has 0 radical (unpaired) electrons. The molecule has 2 aliphatic rings. The number of fused-ring (bicyclic) bond motifs is 1. The van der Waals surface area contributed by atoms with Gasteiger partial charge < -0.3 is 14.4 Å². The third-order valence-electron chi connectivity index (χ3n) is 9.22. The molecule has 0 spiro atoms. The normalized spacial score (nSPS) is 21.3. The molecule has 0 unspecified atom stereocenters. The minimum absolute atomic E-state index is 0.180. The van der Waals surface area contributed by atoms with Crippen molar-refractivity contribution in [3.05, 3.63) is 53.7 Å². The van der Waals surface area contributed by atoms with Crippen molar-refractivity contribution in [3.63, 3.8) is 0 Å². The third-order valence-corrected chi connectivity index (χ3v) is 11.5. The Bertz CT molecular complexity index is 1510. The first kappa shape index (κ1) is 28.7. The molecule has 2 fully saturated rings. The van der Waals surface area contributed by atoms with Gasteiger partial charge in [0.15, 0.2) is 0 Å². The fourth-order valence-corrected chi connectivity index (χ4v) is 7.96. The van der Waals surface area contributed by atoms with Crippen molar-refractivity contribution in [1.29, 1.82) is 4.78 Å². The molecule has 2 saturated heterocycles. The van der Waals surface area contributed by atoms with Crippen molar-refractivity contribution in [2.24, 2.45) is 11.8 Å². The molecule has 9 heteroatoms. The summed E-state index contributed by atoms with van der Waals surface area (Å²) in [5.41, 5.74) is 3.76. The number of amides is 1. The van der Waals surface area contributed by atoms with Gasteiger partial charge in [0, 0.05) is 55.6 Å². The number of hydrogen-bond acceptors (Lipinski definition) is 5. The van der Waals surface area contributed by atoms with Gasteiger partial charge in [-0.25, -0.2) is 13.4 Å². The van der Waals surface area contributed by atoms with Crippen LogP contribution in [0.25, 0.3) is 16.6 Å². The molecule has 3 aromatic rings. The minimum atomic E-state index is -3.22. The summed E-state index contributed by atoms with van der Waals surface area (Å²) in [5.74, 6) is 0.814. The molecule has 3 atom stereocenters. The number of hydrogen-bond donors (Lipinski definition) is 1. The van der Waals surface area contributed by atoms with Crippen molar-refractivity contribution in [2.45, 2.75) is 76.5 Å². The molecule has 1 aromatic carbocycles. The molecule has 0 bridgehead atoms. The van der Waals surface area contributed by atoms with E-state index < -0.39 is 20.8 Å². The lowest BCUT2D eigenvalue weighted by Gasteiger charge is -2.38. The van der Waals surface area contributed by atoms with Gasteiger partial charge in [0.05, 0.1) is 32.0 Å². The Kier molecular flexibility index (Phi) is 8.08. The molecule has 40 heavy (non-hydrogen) atoms. The molecule has 4 heterocycles. The summed E-state index contributed by atoms with van der Waals surface area (Å²) in [6.45, 7) is 13.4. The molecule has 1 amide bonds. The first-order valence-corrected chi connectivity index (χ1v) is 16.1. The second kappa shape index (κ2) is 11.2. The van der Waals surface area contributed by atoms with Crippen molar-refractivity contribution in [3.8, 4) is 5.69 Å². The molecule has 216 valence electrons. The molecular weight excluding hydrogens is 525 g/mol. The van der Waals surface area contributed by atoms with Gasteiger partial charge in [-0.05, 0) is 101 Å². The molecular formula is C31H42FN5O2S. The maximum Gasteiger partial charge on any atom is 0.219 e. The molecule has 2 aliphatic heterocycles. The van der Waals surface area contributed by atoms with Crippen LogP contribution in [-0.4, -0.2) is 66.9 Å². The minimum Gasteiger partial charge on any atom is -0.343 e. The van der Waals surface area contributed by atoms with Crippen LogP contribution in [0.1, 0.15) is 58.1 Å². The summed E-state index contributed by atoms with van der Waals surface area (Å²) >= 11 is 0. The molecule has 0 aliphatic carbocycles. The molecule has 5 rings (SSSR count). The van der Waals surface area contributed by atoms with Gasteiger partial charge in [0.2, 0.25) is 5.91 Å². The lowest BCUT2D eigenvalue weighted by molar-refractivity contribution is -0.130. The fourth-order valence-electron chi connectivity index (χ4n) is 6.68. The SMILES string of the molecule is CC(=O)N1CCC([C@@H](C)N2CC[C@H](Cc3cn(-c4ccc(F)cc4[S@@](=N)(=O)C(C)C)c4cncc(C)c34)C2)CC1.